The number of hydrogen-bond donors (Lipinski definition) is 4. The van der Waals surface area contributed by atoms with Crippen LogP contribution < -0.4 is 5.73 Å². The molecule has 3 aromatic heterocycles. The van der Waals surface area contributed by atoms with Gasteiger partial charge in [0, 0.05) is 12.6 Å². The van der Waals surface area contributed by atoms with Gasteiger partial charge in [-0.25, -0.2) is 23.9 Å². The number of fused-ring (bicyclic) bond motifs is 1. The number of imidazole rings is 1. The van der Waals surface area contributed by atoms with Crippen molar-refractivity contribution in [1.29, 1.82) is 0 Å². The number of anilines is 1. The van der Waals surface area contributed by atoms with Gasteiger partial charge in [0.1, 0.15) is 22.9 Å². The zero-order chi connectivity index (χ0) is 25.5. The van der Waals surface area contributed by atoms with Gasteiger partial charge in [-0.15, -0.1) is 0 Å². The summed E-state index contributed by atoms with van der Waals surface area (Å²) >= 11 is 11.5. The molecule has 0 aromatic carbocycles. The zero-order valence-electron chi connectivity index (χ0n) is 17.5. The van der Waals surface area contributed by atoms with E-state index >= 15 is 4.39 Å². The number of pyridine rings is 1. The number of carbonyl (C=O) groups is 2. The summed E-state index contributed by atoms with van der Waals surface area (Å²) in [6.45, 7) is -0.776. The van der Waals surface area contributed by atoms with Crippen molar-refractivity contribution in [2.45, 2.75) is 36.6 Å². The summed E-state index contributed by atoms with van der Waals surface area (Å²) in [5, 5.41) is 29.7. The number of nitrogen functional groups attached to an aromatic ring is 1. The average molecular weight is 531 g/mol. The second-order valence-corrected chi connectivity index (χ2v) is 8.34. The first-order valence-electron chi connectivity index (χ1n) is 9.88. The number of aliphatic hydroxyl groups is 1. The zero-order valence-corrected chi connectivity index (χ0v) is 19.0. The summed E-state index contributed by atoms with van der Waals surface area (Å²) in [7, 11) is 0. The van der Waals surface area contributed by atoms with Crippen molar-refractivity contribution in [3.8, 4) is 0 Å². The lowest BCUT2D eigenvalue weighted by Gasteiger charge is -2.27. The number of carboxylic acids is 2. The van der Waals surface area contributed by atoms with Gasteiger partial charge < -0.3 is 30.5 Å². The van der Waals surface area contributed by atoms with Crippen LogP contribution in [0.4, 0.5) is 10.2 Å². The number of nitrogens with zero attached hydrogens (tertiary/aromatic N) is 5. The fraction of sp³-hybridized carbons (Fsp3) is 0.368. The molecule has 0 radical (unpaired) electrons. The van der Waals surface area contributed by atoms with Crippen LogP contribution in [-0.4, -0.2) is 82.3 Å². The number of halogens is 3. The molecule has 0 amide bonds. The van der Waals surface area contributed by atoms with E-state index in [0.717, 1.165) is 10.9 Å². The van der Waals surface area contributed by atoms with Gasteiger partial charge in [-0.3, -0.25) is 4.57 Å². The SMILES string of the molecule is Nc1nc(Cl)nc2c1ncn2[C@@H]1O[C@H](COC(Cc2ccc(Cl)nc2)(C(=O)O)C(=O)O)[C@@H](O)[C@@H]1F. The van der Waals surface area contributed by atoms with Gasteiger partial charge in [-0.2, -0.15) is 9.97 Å². The van der Waals surface area contributed by atoms with Crippen molar-refractivity contribution < 1.29 is 38.8 Å². The van der Waals surface area contributed by atoms with E-state index in [0.29, 0.717) is 0 Å². The molecule has 4 rings (SSSR count). The lowest BCUT2D eigenvalue weighted by atomic mass is 9.95. The van der Waals surface area contributed by atoms with Crippen molar-refractivity contribution in [3.63, 3.8) is 0 Å². The molecule has 0 aliphatic carbocycles. The molecule has 16 heteroatoms. The van der Waals surface area contributed by atoms with E-state index in [4.69, 9.17) is 38.4 Å². The Labute approximate surface area is 205 Å². The smallest absolute Gasteiger partial charge is 0.348 e. The summed E-state index contributed by atoms with van der Waals surface area (Å²) in [6.07, 6.45) is -5.03. The maximum atomic E-state index is 15.0. The van der Waals surface area contributed by atoms with E-state index in [-0.39, 0.29) is 33.0 Å². The van der Waals surface area contributed by atoms with Crippen LogP contribution >= 0.6 is 23.2 Å². The Morgan fingerprint density at radius 1 is 1.23 bits per heavy atom. The van der Waals surface area contributed by atoms with Crippen LogP contribution in [0, 0.1) is 0 Å². The Hall–Kier alpha value is -3.17. The molecule has 0 bridgehead atoms. The summed E-state index contributed by atoms with van der Waals surface area (Å²) < 4.78 is 27.0. The molecule has 4 atom stereocenters. The molecule has 35 heavy (non-hydrogen) atoms. The van der Waals surface area contributed by atoms with E-state index in [1.54, 1.807) is 0 Å². The van der Waals surface area contributed by atoms with Crippen LogP contribution in [0.2, 0.25) is 10.4 Å². The predicted molar refractivity (Wildman–Crippen MR) is 116 cm³/mol. The lowest BCUT2D eigenvalue weighted by molar-refractivity contribution is -0.190. The van der Waals surface area contributed by atoms with Gasteiger partial charge in [-0.1, -0.05) is 17.7 Å². The highest BCUT2D eigenvalue weighted by Crippen LogP contribution is 2.35. The summed E-state index contributed by atoms with van der Waals surface area (Å²) in [6, 6.07) is 2.74. The predicted octanol–water partition coefficient (Wildman–Crippen LogP) is 0.874. The molecule has 1 saturated heterocycles. The molecule has 0 spiro atoms. The number of rotatable bonds is 8. The largest absolute Gasteiger partial charge is 0.479 e. The molecule has 13 nitrogen and oxygen atoms in total. The number of hydrogen-bond acceptors (Lipinski definition) is 10. The topological polar surface area (TPSA) is 196 Å². The van der Waals surface area contributed by atoms with Gasteiger partial charge in [0.15, 0.2) is 23.9 Å². The number of ether oxygens (including phenoxy) is 2. The van der Waals surface area contributed by atoms with Crippen molar-refractivity contribution in [2.24, 2.45) is 0 Å². The molecule has 0 saturated carbocycles. The van der Waals surface area contributed by atoms with Crippen LogP contribution in [0.5, 0.6) is 0 Å². The summed E-state index contributed by atoms with van der Waals surface area (Å²) in [5.41, 5.74) is 3.32. The second-order valence-electron chi connectivity index (χ2n) is 7.62. The van der Waals surface area contributed by atoms with Crippen molar-refractivity contribution in [1.82, 2.24) is 24.5 Å². The van der Waals surface area contributed by atoms with Crippen molar-refractivity contribution in [2.75, 3.05) is 12.3 Å². The fourth-order valence-corrected chi connectivity index (χ4v) is 3.89. The Balaban J connectivity index is 1.57. The Morgan fingerprint density at radius 2 is 1.94 bits per heavy atom. The van der Waals surface area contributed by atoms with Crippen LogP contribution in [0.1, 0.15) is 11.8 Å². The van der Waals surface area contributed by atoms with Crippen LogP contribution in [0.15, 0.2) is 24.7 Å². The van der Waals surface area contributed by atoms with E-state index in [1.165, 1.54) is 18.3 Å². The number of aliphatic carboxylic acids is 2. The minimum absolute atomic E-state index is 0.0320. The quantitative estimate of drug-likeness (QED) is 0.182. The van der Waals surface area contributed by atoms with Crippen molar-refractivity contribution in [3.05, 3.63) is 40.7 Å². The lowest BCUT2D eigenvalue weighted by Crippen LogP contribution is -2.52. The third kappa shape index (κ3) is 4.58. The Kier molecular flexibility index (Phi) is 6.75. The Morgan fingerprint density at radius 3 is 2.57 bits per heavy atom. The van der Waals surface area contributed by atoms with E-state index < -0.39 is 55.2 Å². The first-order chi connectivity index (χ1) is 16.5. The minimum atomic E-state index is -2.78. The third-order valence-corrected chi connectivity index (χ3v) is 5.81. The fourth-order valence-electron chi connectivity index (χ4n) is 3.60. The number of aliphatic hydroxyl groups excluding tert-OH is 1. The molecule has 1 aliphatic rings. The average Bonchev–Trinajstić information content (AvgIpc) is 3.33. The number of alkyl halides is 1. The monoisotopic (exact) mass is 530 g/mol. The summed E-state index contributed by atoms with van der Waals surface area (Å²) in [5.74, 6) is -3.69. The molecular weight excluding hydrogens is 514 g/mol. The highest BCUT2D eigenvalue weighted by atomic mass is 35.5. The molecule has 3 aromatic rings. The van der Waals surface area contributed by atoms with Crippen LogP contribution in [0.3, 0.4) is 0 Å². The normalized spacial score (nSPS) is 22.5. The summed E-state index contributed by atoms with van der Waals surface area (Å²) in [4.78, 5) is 39.4. The molecular formula is C19H17Cl2FN6O7. The molecule has 1 aliphatic heterocycles. The number of aromatic nitrogens is 5. The van der Waals surface area contributed by atoms with Crippen LogP contribution in [-0.2, 0) is 25.5 Å². The first-order valence-corrected chi connectivity index (χ1v) is 10.6. The Bertz CT molecular complexity index is 1260. The maximum Gasteiger partial charge on any atom is 0.348 e. The number of carboxylic acid groups (broad SMARTS) is 2. The van der Waals surface area contributed by atoms with Crippen LogP contribution in [0.25, 0.3) is 11.2 Å². The molecule has 5 N–H and O–H groups in total. The molecule has 186 valence electrons. The first kappa shape index (κ1) is 24.9. The van der Waals surface area contributed by atoms with E-state index in [1.807, 2.05) is 0 Å². The van der Waals surface area contributed by atoms with Gasteiger partial charge in [0.05, 0.1) is 12.9 Å². The highest BCUT2D eigenvalue weighted by molar-refractivity contribution is 6.29. The third-order valence-electron chi connectivity index (χ3n) is 5.42. The highest BCUT2D eigenvalue weighted by Gasteiger charge is 2.52. The number of nitrogens with two attached hydrogens (primary N) is 1. The maximum absolute atomic E-state index is 15.0. The molecule has 4 heterocycles. The second kappa shape index (κ2) is 9.47. The standard InChI is InChI=1S/C19H17Cl2FN6O7/c20-9-2-1-7(4-24-9)3-19(16(30)31,17(32)33)34-5-8-12(29)10(22)15(35-8)28-6-25-11-13(23)26-18(21)27-14(11)28/h1-2,4,6,8,10,12,15,29H,3,5H2,(H,30,31)(H,32,33)(H2,23,26,27)/t8-,10+,12-,15-/m1/s1. The van der Waals surface area contributed by atoms with Crippen molar-refractivity contribution >= 4 is 52.1 Å². The van der Waals surface area contributed by atoms with Gasteiger partial charge in [-0.05, 0) is 23.2 Å². The van der Waals surface area contributed by atoms with Gasteiger partial charge in [0.2, 0.25) is 5.28 Å². The van der Waals surface area contributed by atoms with E-state index in [9.17, 15) is 24.9 Å². The van der Waals surface area contributed by atoms with E-state index in [2.05, 4.69) is 19.9 Å². The molecule has 0 unspecified atom stereocenters. The van der Waals surface area contributed by atoms with Gasteiger partial charge >= 0.3 is 11.9 Å². The minimum Gasteiger partial charge on any atom is -0.479 e. The van der Waals surface area contributed by atoms with Gasteiger partial charge in [0.25, 0.3) is 5.60 Å². The molecule has 1 fully saturated rings.